The highest BCUT2D eigenvalue weighted by atomic mass is 35.5. The van der Waals surface area contributed by atoms with Crippen LogP contribution in [0.4, 0.5) is 4.39 Å². The van der Waals surface area contributed by atoms with Crippen LogP contribution in [0.5, 0.6) is 5.75 Å². The number of nitrogens with two attached hydrogens (primary N) is 1. The van der Waals surface area contributed by atoms with Crippen LogP contribution >= 0.6 is 24.0 Å². The van der Waals surface area contributed by atoms with E-state index in [0.717, 1.165) is 6.42 Å². The van der Waals surface area contributed by atoms with Crippen molar-refractivity contribution >= 4 is 24.0 Å². The first kappa shape index (κ1) is 17.5. The molecule has 0 saturated carbocycles. The molecule has 0 unspecified atom stereocenters. The summed E-state index contributed by atoms with van der Waals surface area (Å²) in [6.07, 6.45) is 0.795. The quantitative estimate of drug-likeness (QED) is 0.877. The van der Waals surface area contributed by atoms with E-state index < -0.39 is 5.82 Å². The van der Waals surface area contributed by atoms with Crippen LogP contribution in [-0.2, 0) is 0 Å². The summed E-state index contributed by atoms with van der Waals surface area (Å²) < 4.78 is 18.9. The lowest BCUT2D eigenvalue weighted by molar-refractivity contribution is 0.321. The minimum absolute atomic E-state index is 0. The molecule has 0 radical (unpaired) electrons. The van der Waals surface area contributed by atoms with Gasteiger partial charge in [0.2, 0.25) is 0 Å². The van der Waals surface area contributed by atoms with Crippen LogP contribution in [0.2, 0.25) is 5.02 Å². The van der Waals surface area contributed by atoms with Crippen molar-refractivity contribution in [2.24, 2.45) is 11.7 Å². The van der Waals surface area contributed by atoms with Crippen molar-refractivity contribution in [3.63, 3.8) is 0 Å². The Balaban J connectivity index is 0.00000289. The van der Waals surface area contributed by atoms with Crippen LogP contribution in [0.25, 0.3) is 0 Å². The Morgan fingerprint density at radius 2 is 2.00 bits per heavy atom. The lowest BCUT2D eigenvalue weighted by Crippen LogP contribution is -2.13. The van der Waals surface area contributed by atoms with Crippen molar-refractivity contribution in [1.82, 2.24) is 0 Å². The van der Waals surface area contributed by atoms with Crippen molar-refractivity contribution in [2.75, 3.05) is 6.61 Å². The van der Waals surface area contributed by atoms with E-state index in [-0.39, 0.29) is 29.2 Å². The average molecular weight is 296 g/mol. The molecule has 0 bridgehead atoms. The smallest absolute Gasteiger partial charge is 0.173 e. The molecule has 0 amide bonds. The van der Waals surface area contributed by atoms with E-state index in [1.807, 2.05) is 0 Å². The lowest BCUT2D eigenvalue weighted by Gasteiger charge is -2.16. The van der Waals surface area contributed by atoms with E-state index in [9.17, 15) is 4.39 Å². The fraction of sp³-hybridized carbons (Fsp3) is 0.538. The largest absolute Gasteiger partial charge is 0.489 e. The van der Waals surface area contributed by atoms with Gasteiger partial charge < -0.3 is 10.5 Å². The van der Waals surface area contributed by atoms with E-state index in [4.69, 9.17) is 22.1 Å². The van der Waals surface area contributed by atoms with E-state index in [1.165, 1.54) is 6.07 Å². The van der Waals surface area contributed by atoms with Gasteiger partial charge in [0, 0.05) is 6.04 Å². The van der Waals surface area contributed by atoms with Gasteiger partial charge in [0.1, 0.15) is 0 Å². The van der Waals surface area contributed by atoms with Gasteiger partial charge in [-0.1, -0.05) is 25.4 Å². The zero-order valence-electron chi connectivity index (χ0n) is 10.9. The fourth-order valence-corrected chi connectivity index (χ4v) is 1.99. The van der Waals surface area contributed by atoms with E-state index >= 15 is 0 Å². The third-order valence-electron chi connectivity index (χ3n) is 2.46. The number of hydrogen-bond acceptors (Lipinski definition) is 2. The van der Waals surface area contributed by atoms with Crippen molar-refractivity contribution in [1.29, 1.82) is 0 Å². The Bertz CT molecular complexity index is 362. The predicted octanol–water partition coefficient (Wildman–Crippen LogP) is 4.35. The van der Waals surface area contributed by atoms with Crippen molar-refractivity contribution in [3.05, 3.63) is 28.5 Å². The predicted molar refractivity (Wildman–Crippen MR) is 76.2 cm³/mol. The normalized spacial score (nSPS) is 12.2. The Hall–Kier alpha value is -0.510. The van der Waals surface area contributed by atoms with Crippen LogP contribution in [0.1, 0.15) is 38.8 Å². The van der Waals surface area contributed by atoms with Gasteiger partial charge in [0.15, 0.2) is 11.6 Å². The van der Waals surface area contributed by atoms with Gasteiger partial charge >= 0.3 is 0 Å². The van der Waals surface area contributed by atoms with Crippen LogP contribution in [0, 0.1) is 11.7 Å². The summed E-state index contributed by atoms with van der Waals surface area (Å²) in [6.45, 7) is 6.32. The zero-order chi connectivity index (χ0) is 13.0. The Kier molecular flexibility index (Phi) is 7.60. The van der Waals surface area contributed by atoms with Crippen molar-refractivity contribution in [3.8, 4) is 5.75 Å². The summed E-state index contributed by atoms with van der Waals surface area (Å²) in [7, 11) is 0. The standard InChI is InChI=1S/C13H19ClFNO.ClH/c1-4-17-13-10(14)6-9(7-11(13)15)12(16)5-8(2)3;/h6-8,12H,4-5,16H2,1-3H3;1H/t12-;/m1./s1. The summed E-state index contributed by atoms with van der Waals surface area (Å²) in [6, 6.07) is 2.89. The molecule has 1 aromatic carbocycles. The highest BCUT2D eigenvalue weighted by molar-refractivity contribution is 6.32. The minimum atomic E-state index is -0.450. The molecule has 0 spiro atoms. The van der Waals surface area contributed by atoms with Gasteiger partial charge in [0.05, 0.1) is 11.6 Å². The first-order valence-corrected chi connectivity index (χ1v) is 6.20. The summed E-state index contributed by atoms with van der Waals surface area (Å²) in [5.74, 6) is 0.113. The maximum atomic E-state index is 13.7. The second-order valence-electron chi connectivity index (χ2n) is 4.48. The van der Waals surface area contributed by atoms with Crippen LogP contribution in [0.3, 0.4) is 0 Å². The second kappa shape index (κ2) is 7.82. The molecular weight excluding hydrogens is 276 g/mol. The molecule has 1 atom stereocenters. The van der Waals surface area contributed by atoms with Gasteiger partial charge in [-0.2, -0.15) is 0 Å². The first-order chi connectivity index (χ1) is 7.95. The minimum Gasteiger partial charge on any atom is -0.489 e. The van der Waals surface area contributed by atoms with E-state index in [2.05, 4.69) is 13.8 Å². The van der Waals surface area contributed by atoms with E-state index in [1.54, 1.807) is 13.0 Å². The molecule has 18 heavy (non-hydrogen) atoms. The molecule has 0 fully saturated rings. The van der Waals surface area contributed by atoms with Gasteiger partial charge in [-0.3, -0.25) is 0 Å². The zero-order valence-corrected chi connectivity index (χ0v) is 12.4. The summed E-state index contributed by atoms with van der Waals surface area (Å²) in [5, 5.41) is 0.279. The number of hydrogen-bond donors (Lipinski definition) is 1. The average Bonchev–Trinajstić information content (AvgIpc) is 2.22. The highest BCUT2D eigenvalue weighted by Gasteiger charge is 2.15. The molecule has 0 aliphatic carbocycles. The molecule has 0 aromatic heterocycles. The van der Waals surface area contributed by atoms with Gasteiger partial charge in [-0.25, -0.2) is 4.39 Å². The third kappa shape index (κ3) is 4.63. The molecule has 5 heteroatoms. The fourth-order valence-electron chi connectivity index (χ4n) is 1.72. The SMILES string of the molecule is CCOc1c(F)cc([C@H](N)CC(C)C)cc1Cl.Cl. The van der Waals surface area contributed by atoms with Gasteiger partial charge in [-0.15, -0.1) is 12.4 Å². The molecule has 1 rings (SSSR count). The monoisotopic (exact) mass is 295 g/mol. The van der Waals surface area contributed by atoms with E-state index in [0.29, 0.717) is 18.1 Å². The van der Waals surface area contributed by atoms with Crippen LogP contribution in [-0.4, -0.2) is 6.61 Å². The lowest BCUT2D eigenvalue weighted by atomic mass is 9.98. The molecular formula is C13H20Cl2FNO. The van der Waals surface area contributed by atoms with Crippen molar-refractivity contribution < 1.29 is 9.13 Å². The molecule has 0 saturated heterocycles. The number of halogens is 3. The molecule has 2 nitrogen and oxygen atoms in total. The summed E-state index contributed by atoms with van der Waals surface area (Å²) >= 11 is 5.97. The molecule has 104 valence electrons. The molecule has 1 aromatic rings. The number of benzene rings is 1. The summed E-state index contributed by atoms with van der Waals surface area (Å²) in [4.78, 5) is 0. The molecule has 0 aliphatic heterocycles. The van der Waals surface area contributed by atoms with Crippen LogP contribution < -0.4 is 10.5 Å². The van der Waals surface area contributed by atoms with Gasteiger partial charge in [0.25, 0.3) is 0 Å². The topological polar surface area (TPSA) is 35.2 Å². The Labute approximate surface area is 119 Å². The maximum Gasteiger partial charge on any atom is 0.173 e. The molecule has 0 aliphatic rings. The van der Waals surface area contributed by atoms with Gasteiger partial charge in [-0.05, 0) is 37.0 Å². The van der Waals surface area contributed by atoms with Crippen LogP contribution in [0.15, 0.2) is 12.1 Å². The van der Waals surface area contributed by atoms with Crippen molar-refractivity contribution in [2.45, 2.75) is 33.2 Å². The number of rotatable bonds is 5. The number of ether oxygens (including phenoxy) is 1. The molecule has 2 N–H and O–H groups in total. The third-order valence-corrected chi connectivity index (χ3v) is 2.74. The molecule has 0 heterocycles. The highest BCUT2D eigenvalue weighted by Crippen LogP contribution is 2.32. The maximum absolute atomic E-state index is 13.7. The Morgan fingerprint density at radius 3 is 2.44 bits per heavy atom. The Morgan fingerprint density at radius 1 is 1.39 bits per heavy atom. The summed E-state index contributed by atoms with van der Waals surface area (Å²) in [5.41, 5.74) is 6.70. The second-order valence-corrected chi connectivity index (χ2v) is 4.89. The first-order valence-electron chi connectivity index (χ1n) is 5.83.